The standard InChI is InChI=1S/C16H28N2O4.C10H17N.C9H8O4/c1-5-12(6-2)22-14-9-11(16(20)21-7-3)8-13(17)15(14)18-10(4)19;11-10-4-7-1-8(5-10)3-9(2-7)6-10;1-6(10)13-8-5-3-2-4-7(8)9(11)12/h9,12-15H,5-8,17H2,1-4H3,(H,18,19);7-9H,1-6,11H2;2-5H,1H3,(H,11,12)/t13-,14+,15+;;/m0../s1. The molecule has 0 aromatic heterocycles. The number of carboxylic acids is 1. The highest BCUT2D eigenvalue weighted by Gasteiger charge is 2.48. The smallest absolute Gasteiger partial charge is 0.339 e. The fourth-order valence-electron chi connectivity index (χ4n) is 7.69. The Hall–Kier alpha value is -3.28. The molecular weight excluding hydrogens is 590 g/mol. The maximum atomic E-state index is 12.0. The minimum Gasteiger partial charge on any atom is -0.478 e. The Morgan fingerprint density at radius 2 is 1.54 bits per heavy atom. The predicted octanol–water partition coefficient (Wildman–Crippen LogP) is 4.51. The largest absolute Gasteiger partial charge is 0.478 e. The highest BCUT2D eigenvalue weighted by molar-refractivity contribution is 5.91. The van der Waals surface area contributed by atoms with E-state index in [0.717, 1.165) is 30.6 Å². The van der Waals surface area contributed by atoms with Crippen LogP contribution < -0.4 is 21.5 Å². The topological polar surface area (TPSA) is 180 Å². The van der Waals surface area contributed by atoms with E-state index in [1.807, 2.05) is 13.8 Å². The van der Waals surface area contributed by atoms with Gasteiger partial charge in [-0.2, -0.15) is 0 Å². The molecule has 6 rings (SSSR count). The van der Waals surface area contributed by atoms with Gasteiger partial charge in [0.15, 0.2) is 0 Å². The molecule has 0 radical (unpaired) electrons. The summed E-state index contributed by atoms with van der Waals surface area (Å²) in [5.41, 5.74) is 13.3. The van der Waals surface area contributed by atoms with Crippen molar-refractivity contribution in [2.24, 2.45) is 29.2 Å². The molecule has 5 aliphatic carbocycles. The van der Waals surface area contributed by atoms with Crippen LogP contribution in [0.15, 0.2) is 35.9 Å². The number of ether oxygens (including phenoxy) is 3. The molecule has 4 fully saturated rings. The van der Waals surface area contributed by atoms with Crippen LogP contribution in [0.25, 0.3) is 0 Å². The van der Waals surface area contributed by atoms with Gasteiger partial charge in [-0.25, -0.2) is 9.59 Å². The summed E-state index contributed by atoms with van der Waals surface area (Å²) in [6, 6.07) is 5.26. The molecule has 3 atom stereocenters. The minimum absolute atomic E-state index is 0.0160. The van der Waals surface area contributed by atoms with E-state index in [0.29, 0.717) is 24.1 Å². The van der Waals surface area contributed by atoms with Gasteiger partial charge in [-0.05, 0) is 101 Å². The van der Waals surface area contributed by atoms with E-state index in [1.54, 1.807) is 25.1 Å². The van der Waals surface area contributed by atoms with Gasteiger partial charge in [-0.15, -0.1) is 0 Å². The highest BCUT2D eigenvalue weighted by atomic mass is 16.5. The maximum absolute atomic E-state index is 12.0. The van der Waals surface area contributed by atoms with Gasteiger partial charge in [0.1, 0.15) is 11.3 Å². The van der Waals surface area contributed by atoms with Crippen LogP contribution in [0.1, 0.15) is 103 Å². The second-order valence-electron chi connectivity index (χ2n) is 13.2. The molecule has 1 amide bonds. The summed E-state index contributed by atoms with van der Waals surface area (Å²) < 4.78 is 15.8. The summed E-state index contributed by atoms with van der Waals surface area (Å²) in [6.07, 6.45) is 12.0. The molecule has 4 saturated carbocycles. The Balaban J connectivity index is 0.000000202. The number of rotatable bonds is 9. The Bertz CT molecular complexity index is 1210. The fourth-order valence-corrected chi connectivity index (χ4v) is 7.69. The Morgan fingerprint density at radius 3 is 2.00 bits per heavy atom. The quantitative estimate of drug-likeness (QED) is 0.221. The lowest BCUT2D eigenvalue weighted by molar-refractivity contribution is -0.139. The van der Waals surface area contributed by atoms with Gasteiger partial charge in [-0.1, -0.05) is 26.0 Å². The van der Waals surface area contributed by atoms with Crippen molar-refractivity contribution in [3.8, 4) is 5.75 Å². The third-order valence-corrected chi connectivity index (χ3v) is 9.26. The zero-order valence-corrected chi connectivity index (χ0v) is 28.0. The van der Waals surface area contributed by atoms with E-state index in [-0.39, 0.29) is 41.4 Å². The maximum Gasteiger partial charge on any atom is 0.339 e. The Kier molecular flexibility index (Phi) is 13.8. The lowest BCUT2D eigenvalue weighted by atomic mass is 9.53. The summed E-state index contributed by atoms with van der Waals surface area (Å²) in [5, 5.41) is 11.5. The van der Waals surface area contributed by atoms with Gasteiger partial charge < -0.3 is 36.1 Å². The molecule has 11 heteroatoms. The minimum atomic E-state index is -1.11. The average Bonchev–Trinajstić information content (AvgIpc) is 2.96. The molecule has 0 unspecified atom stereocenters. The van der Waals surface area contributed by atoms with Crippen LogP contribution in [0.3, 0.4) is 0 Å². The molecule has 1 aromatic carbocycles. The van der Waals surface area contributed by atoms with Gasteiger partial charge in [0, 0.05) is 31.0 Å². The first-order valence-corrected chi connectivity index (χ1v) is 16.6. The number of hydrogen-bond acceptors (Lipinski definition) is 9. The summed E-state index contributed by atoms with van der Waals surface area (Å²) >= 11 is 0. The van der Waals surface area contributed by atoms with Crippen molar-refractivity contribution in [2.75, 3.05) is 6.61 Å². The number of carboxylic acid groups (broad SMARTS) is 1. The van der Waals surface area contributed by atoms with Crippen LogP contribution in [-0.2, 0) is 23.9 Å². The van der Waals surface area contributed by atoms with Crippen LogP contribution in [0.2, 0.25) is 0 Å². The summed E-state index contributed by atoms with van der Waals surface area (Å²) in [6.45, 7) is 8.84. The molecule has 1 aromatic rings. The van der Waals surface area contributed by atoms with E-state index >= 15 is 0 Å². The van der Waals surface area contributed by atoms with Gasteiger partial charge in [-0.3, -0.25) is 9.59 Å². The molecule has 5 aliphatic rings. The number of para-hydroxylation sites is 1. The molecule has 0 aliphatic heterocycles. The van der Waals surface area contributed by atoms with E-state index in [9.17, 15) is 19.2 Å². The number of amides is 1. The van der Waals surface area contributed by atoms with E-state index in [4.69, 9.17) is 26.0 Å². The van der Waals surface area contributed by atoms with Crippen molar-refractivity contribution in [3.05, 3.63) is 41.5 Å². The summed E-state index contributed by atoms with van der Waals surface area (Å²) in [7, 11) is 0. The lowest BCUT2D eigenvalue weighted by Gasteiger charge is -2.55. The second-order valence-corrected chi connectivity index (χ2v) is 13.2. The van der Waals surface area contributed by atoms with E-state index in [1.165, 1.54) is 64.5 Å². The number of hydrogen-bond donors (Lipinski definition) is 4. The third-order valence-electron chi connectivity index (χ3n) is 9.26. The Labute approximate surface area is 272 Å². The van der Waals surface area contributed by atoms with Gasteiger partial charge in [0.25, 0.3) is 0 Å². The van der Waals surface area contributed by atoms with Crippen LogP contribution in [0, 0.1) is 17.8 Å². The van der Waals surface area contributed by atoms with Crippen molar-refractivity contribution in [1.29, 1.82) is 0 Å². The number of nitrogens with one attached hydrogen (secondary N) is 1. The zero-order valence-electron chi connectivity index (χ0n) is 28.0. The number of aromatic carboxylic acids is 1. The van der Waals surface area contributed by atoms with Crippen molar-refractivity contribution >= 4 is 23.8 Å². The molecular formula is C35H53N3O8. The highest BCUT2D eigenvalue weighted by Crippen LogP contribution is 2.54. The zero-order chi connectivity index (χ0) is 34.0. The molecule has 0 spiro atoms. The van der Waals surface area contributed by atoms with Crippen molar-refractivity contribution < 1.29 is 38.5 Å². The summed E-state index contributed by atoms with van der Waals surface area (Å²) in [5.74, 6) is 0.959. The molecule has 11 nitrogen and oxygen atoms in total. The van der Waals surface area contributed by atoms with Crippen molar-refractivity contribution in [2.45, 2.75) is 122 Å². The van der Waals surface area contributed by atoms with E-state index < -0.39 is 18.0 Å². The first-order valence-electron chi connectivity index (χ1n) is 16.6. The third kappa shape index (κ3) is 10.6. The van der Waals surface area contributed by atoms with Crippen LogP contribution >= 0.6 is 0 Å². The predicted molar refractivity (Wildman–Crippen MR) is 174 cm³/mol. The van der Waals surface area contributed by atoms with Crippen molar-refractivity contribution in [1.82, 2.24) is 5.32 Å². The number of carbonyl (C=O) groups is 4. The number of carbonyl (C=O) groups excluding carboxylic acids is 3. The molecule has 0 saturated heterocycles. The van der Waals surface area contributed by atoms with Crippen molar-refractivity contribution in [3.63, 3.8) is 0 Å². The molecule has 46 heavy (non-hydrogen) atoms. The van der Waals surface area contributed by atoms with Gasteiger partial charge >= 0.3 is 17.9 Å². The first kappa shape index (κ1) is 37.2. The monoisotopic (exact) mass is 643 g/mol. The SMILES string of the molecule is CC(=O)Oc1ccccc1C(=O)O.CCOC(=O)C1=C[C@@H](OC(CC)CC)[C@H](NC(C)=O)[C@@H](N)C1.NC12CC3CC(CC(C3)C1)C2. The first-order chi connectivity index (χ1) is 21.8. The molecule has 256 valence electrons. The van der Waals surface area contributed by atoms with Crippen LogP contribution in [0.4, 0.5) is 0 Å². The number of benzene rings is 1. The van der Waals surface area contributed by atoms with Gasteiger partial charge in [0.05, 0.1) is 24.9 Å². The molecule has 6 N–H and O–H groups in total. The number of nitrogens with two attached hydrogens (primary N) is 2. The average molecular weight is 644 g/mol. The molecule has 0 heterocycles. The fraction of sp³-hybridized carbons (Fsp3) is 0.657. The molecule has 4 bridgehead atoms. The lowest BCUT2D eigenvalue weighted by Crippen LogP contribution is -2.57. The van der Waals surface area contributed by atoms with Crippen LogP contribution in [-0.4, -0.2) is 65.4 Å². The summed E-state index contributed by atoms with van der Waals surface area (Å²) in [4.78, 5) is 44.6. The second kappa shape index (κ2) is 17.0. The Morgan fingerprint density at radius 1 is 0.978 bits per heavy atom. The van der Waals surface area contributed by atoms with Crippen LogP contribution in [0.5, 0.6) is 5.75 Å². The normalized spacial score (nSPS) is 28.9. The van der Waals surface area contributed by atoms with Gasteiger partial charge in [0.2, 0.25) is 5.91 Å². The van der Waals surface area contributed by atoms with E-state index in [2.05, 4.69) is 10.1 Å². The number of esters is 2.